The molecule has 0 bridgehead atoms. The average Bonchev–Trinajstić information content (AvgIpc) is 2.78. The molecule has 0 aliphatic heterocycles. The van der Waals surface area contributed by atoms with Crippen molar-refractivity contribution in [3.63, 3.8) is 0 Å². The van der Waals surface area contributed by atoms with E-state index in [1.165, 1.54) is 19.1 Å². The molecule has 0 radical (unpaired) electrons. The normalized spacial score (nSPS) is 10.2. The summed E-state index contributed by atoms with van der Waals surface area (Å²) in [5.41, 5.74) is 5.19. The number of hydrazine groups is 1. The number of hydrogen-bond donors (Lipinski definition) is 4. The van der Waals surface area contributed by atoms with E-state index in [2.05, 4.69) is 31.5 Å². The molecule has 0 aliphatic carbocycles. The third-order valence-corrected chi connectivity index (χ3v) is 4.58. The summed E-state index contributed by atoms with van der Waals surface area (Å²) >= 11 is 11.8. The molecule has 12 nitrogen and oxygen atoms in total. The predicted octanol–water partition coefficient (Wildman–Crippen LogP) is 3.92. The van der Waals surface area contributed by atoms with Gasteiger partial charge in [0.05, 0.1) is 9.95 Å². The summed E-state index contributed by atoms with van der Waals surface area (Å²) in [5.74, 6) is -1.01. The highest BCUT2D eigenvalue weighted by molar-refractivity contribution is 6.35. The highest BCUT2D eigenvalue weighted by atomic mass is 35.5. The molecule has 1 heterocycles. The van der Waals surface area contributed by atoms with Crippen molar-refractivity contribution in [3.05, 3.63) is 69.0 Å². The molecular weight excluding hydrogens is 489 g/mol. The van der Waals surface area contributed by atoms with Crippen LogP contribution in [0.25, 0.3) is 0 Å². The average molecular weight is 506 g/mol. The van der Waals surface area contributed by atoms with Crippen LogP contribution in [0.15, 0.2) is 48.8 Å². The van der Waals surface area contributed by atoms with Crippen LogP contribution in [-0.4, -0.2) is 33.3 Å². The summed E-state index contributed by atoms with van der Waals surface area (Å²) in [6.45, 7) is 0.946. The van der Waals surface area contributed by atoms with Gasteiger partial charge < -0.3 is 15.4 Å². The molecule has 3 aromatic rings. The maximum atomic E-state index is 12.1. The van der Waals surface area contributed by atoms with E-state index in [4.69, 9.17) is 27.9 Å². The summed E-state index contributed by atoms with van der Waals surface area (Å²) in [6, 6.07) is 10.9. The van der Waals surface area contributed by atoms with Crippen LogP contribution in [0.3, 0.4) is 0 Å². The molecule has 2 aromatic carbocycles. The molecule has 14 heteroatoms. The Labute approximate surface area is 202 Å². The number of rotatable bonds is 9. The molecular formula is C20H17Cl2N7O5. The van der Waals surface area contributed by atoms with Gasteiger partial charge in [0.1, 0.15) is 12.1 Å². The number of benzene rings is 2. The molecule has 0 spiro atoms. The molecule has 3 rings (SSSR count). The van der Waals surface area contributed by atoms with Crippen LogP contribution in [0.2, 0.25) is 10.0 Å². The zero-order valence-electron chi connectivity index (χ0n) is 17.5. The van der Waals surface area contributed by atoms with E-state index in [9.17, 15) is 19.7 Å². The Morgan fingerprint density at radius 2 is 1.74 bits per heavy atom. The van der Waals surface area contributed by atoms with Gasteiger partial charge in [0, 0.05) is 23.3 Å². The lowest BCUT2D eigenvalue weighted by molar-refractivity contribution is -0.383. The number of ether oxygens (including phenoxy) is 1. The highest BCUT2D eigenvalue weighted by Gasteiger charge is 2.23. The van der Waals surface area contributed by atoms with Crippen LogP contribution < -0.4 is 26.2 Å². The highest BCUT2D eigenvalue weighted by Crippen LogP contribution is 2.31. The van der Waals surface area contributed by atoms with E-state index in [1.807, 2.05) is 0 Å². The molecule has 2 amide bonds. The lowest BCUT2D eigenvalue weighted by Crippen LogP contribution is -2.34. The monoisotopic (exact) mass is 505 g/mol. The Morgan fingerprint density at radius 3 is 2.38 bits per heavy atom. The van der Waals surface area contributed by atoms with Gasteiger partial charge in [0.15, 0.2) is 6.61 Å². The van der Waals surface area contributed by atoms with E-state index < -0.39 is 23.1 Å². The Bertz CT molecular complexity index is 1220. The third-order valence-electron chi connectivity index (χ3n) is 4.05. The Kier molecular flexibility index (Phi) is 8.01. The van der Waals surface area contributed by atoms with Crippen molar-refractivity contribution in [1.29, 1.82) is 0 Å². The maximum absolute atomic E-state index is 12.1. The fourth-order valence-corrected chi connectivity index (χ4v) is 3.08. The van der Waals surface area contributed by atoms with E-state index >= 15 is 0 Å². The van der Waals surface area contributed by atoms with E-state index in [1.54, 1.807) is 30.3 Å². The van der Waals surface area contributed by atoms with Gasteiger partial charge in [-0.15, -0.1) is 0 Å². The Balaban J connectivity index is 1.66. The zero-order chi connectivity index (χ0) is 24.7. The first-order chi connectivity index (χ1) is 16.2. The summed E-state index contributed by atoms with van der Waals surface area (Å²) < 4.78 is 5.31. The van der Waals surface area contributed by atoms with Gasteiger partial charge in [-0.2, -0.15) is 0 Å². The van der Waals surface area contributed by atoms with Gasteiger partial charge in [-0.05, 0) is 42.5 Å². The summed E-state index contributed by atoms with van der Waals surface area (Å²) in [7, 11) is 0. The van der Waals surface area contributed by atoms with E-state index in [0.29, 0.717) is 16.4 Å². The second-order valence-electron chi connectivity index (χ2n) is 6.60. The van der Waals surface area contributed by atoms with E-state index in [-0.39, 0.29) is 28.3 Å². The SMILES string of the molecule is CC(=O)Nc1ccc(Nc2ncnc(NNC(=O)COc3ccc(Cl)cc3Cl)c2[N+](=O)[O-])cc1. The maximum Gasteiger partial charge on any atom is 0.355 e. The molecule has 0 saturated carbocycles. The minimum absolute atomic E-state index is 0.117. The molecule has 176 valence electrons. The number of nitrogens with zero attached hydrogens (tertiary/aromatic N) is 3. The van der Waals surface area contributed by atoms with Gasteiger partial charge in [0.25, 0.3) is 5.91 Å². The number of nitro groups is 1. The molecule has 0 aliphatic rings. The van der Waals surface area contributed by atoms with Gasteiger partial charge in [-0.1, -0.05) is 23.2 Å². The summed E-state index contributed by atoms with van der Waals surface area (Å²) in [4.78, 5) is 41.9. The number of carbonyl (C=O) groups excluding carboxylic acids is 2. The summed E-state index contributed by atoms with van der Waals surface area (Å²) in [6.07, 6.45) is 1.08. The Morgan fingerprint density at radius 1 is 1.06 bits per heavy atom. The van der Waals surface area contributed by atoms with Crippen molar-refractivity contribution >= 4 is 63.7 Å². The van der Waals surface area contributed by atoms with Crippen LogP contribution >= 0.6 is 23.2 Å². The van der Waals surface area contributed by atoms with Crippen LogP contribution in [-0.2, 0) is 9.59 Å². The van der Waals surface area contributed by atoms with Crippen LogP contribution in [0.5, 0.6) is 5.75 Å². The van der Waals surface area contributed by atoms with Crippen LogP contribution in [0.1, 0.15) is 6.92 Å². The van der Waals surface area contributed by atoms with Crippen molar-refractivity contribution < 1.29 is 19.2 Å². The zero-order valence-corrected chi connectivity index (χ0v) is 19.0. The molecule has 0 atom stereocenters. The van der Waals surface area contributed by atoms with Gasteiger partial charge in [0.2, 0.25) is 17.5 Å². The van der Waals surface area contributed by atoms with Crippen molar-refractivity contribution in [2.75, 3.05) is 22.7 Å². The predicted molar refractivity (Wildman–Crippen MR) is 126 cm³/mol. The van der Waals surface area contributed by atoms with E-state index in [0.717, 1.165) is 6.33 Å². The number of halogens is 2. The van der Waals surface area contributed by atoms with Crippen LogP contribution in [0, 0.1) is 10.1 Å². The smallest absolute Gasteiger partial charge is 0.355 e. The molecule has 34 heavy (non-hydrogen) atoms. The van der Waals surface area contributed by atoms with Crippen LogP contribution in [0.4, 0.5) is 28.7 Å². The number of hydrogen-bond acceptors (Lipinski definition) is 9. The van der Waals surface area contributed by atoms with Gasteiger partial charge in [-0.3, -0.25) is 30.6 Å². The molecule has 4 N–H and O–H groups in total. The Hall–Kier alpha value is -4.16. The lowest BCUT2D eigenvalue weighted by Gasteiger charge is -2.12. The first kappa shape index (κ1) is 24.5. The number of nitrogens with one attached hydrogen (secondary N) is 4. The standard InChI is InChI=1S/C20H17Cl2N7O5/c1-11(30)25-13-3-5-14(6-4-13)26-19-18(29(32)33)20(24-10-23-19)28-27-17(31)9-34-16-7-2-12(21)8-15(16)22/h2-8,10H,9H2,1H3,(H,25,30)(H,27,31)(H2,23,24,26,28). The number of amides is 2. The molecule has 1 aromatic heterocycles. The van der Waals surface area contributed by atoms with Crippen molar-refractivity contribution in [2.45, 2.75) is 6.92 Å². The number of anilines is 4. The fraction of sp³-hybridized carbons (Fsp3) is 0.100. The molecule has 0 saturated heterocycles. The summed E-state index contributed by atoms with van der Waals surface area (Å²) in [5, 5.41) is 17.7. The van der Waals surface area contributed by atoms with Gasteiger partial charge >= 0.3 is 5.69 Å². The second kappa shape index (κ2) is 11.1. The number of carbonyl (C=O) groups is 2. The molecule has 0 fully saturated rings. The van der Waals surface area contributed by atoms with Gasteiger partial charge in [-0.25, -0.2) is 9.97 Å². The first-order valence-corrected chi connectivity index (χ1v) is 10.3. The topological polar surface area (TPSA) is 160 Å². The fourth-order valence-electron chi connectivity index (χ4n) is 2.61. The minimum Gasteiger partial charge on any atom is -0.482 e. The lowest BCUT2D eigenvalue weighted by atomic mass is 10.2. The first-order valence-electron chi connectivity index (χ1n) is 9.49. The number of aromatic nitrogens is 2. The van der Waals surface area contributed by atoms with Crippen molar-refractivity contribution in [1.82, 2.24) is 15.4 Å². The molecule has 0 unspecified atom stereocenters. The minimum atomic E-state index is -0.702. The largest absolute Gasteiger partial charge is 0.482 e. The third kappa shape index (κ3) is 6.67. The second-order valence-corrected chi connectivity index (χ2v) is 7.44. The van der Waals surface area contributed by atoms with Crippen molar-refractivity contribution in [2.24, 2.45) is 0 Å². The quantitative estimate of drug-likeness (QED) is 0.249. The van der Waals surface area contributed by atoms with Crippen molar-refractivity contribution in [3.8, 4) is 5.75 Å².